The number of rotatable bonds is 7. The van der Waals surface area contributed by atoms with Gasteiger partial charge in [0.15, 0.2) is 0 Å². The Hall–Kier alpha value is -2.46. The molecule has 0 spiro atoms. The van der Waals surface area contributed by atoms with Crippen molar-refractivity contribution in [3.05, 3.63) is 71.6 Å². The van der Waals surface area contributed by atoms with Crippen LogP contribution < -0.4 is 0 Å². The zero-order chi connectivity index (χ0) is 19.8. The standard InChI is InChI=1S/C24H31N3O/c1-20-7-3-4-10-23(20)13-16-27-15-6-9-22(19-27)18-26(2)24(28)12-11-21-8-5-14-25-17-21/h3-5,7-8,10-12,14,17,22H,6,9,13,15-16,18-19H2,1-2H3. The number of carbonyl (C=O) groups is 1. The van der Waals surface area contributed by atoms with Crippen LogP contribution in [0.25, 0.3) is 6.08 Å². The number of likely N-dealkylation sites (N-methyl/N-ethyl adjacent to an activating group) is 1. The lowest BCUT2D eigenvalue weighted by Gasteiger charge is -2.34. The van der Waals surface area contributed by atoms with Crippen molar-refractivity contribution in [2.45, 2.75) is 26.2 Å². The molecule has 0 aliphatic carbocycles. The third kappa shape index (κ3) is 6.03. The maximum absolute atomic E-state index is 12.4. The second kappa shape index (κ2) is 10.2. The van der Waals surface area contributed by atoms with Crippen molar-refractivity contribution in [2.75, 3.05) is 33.2 Å². The summed E-state index contributed by atoms with van der Waals surface area (Å²) in [5, 5.41) is 0. The van der Waals surface area contributed by atoms with E-state index in [1.54, 1.807) is 18.5 Å². The third-order valence-electron chi connectivity index (χ3n) is 5.57. The Kier molecular flexibility index (Phi) is 7.38. The first-order valence-electron chi connectivity index (χ1n) is 10.2. The van der Waals surface area contributed by atoms with Crippen LogP contribution in [-0.2, 0) is 11.2 Å². The zero-order valence-corrected chi connectivity index (χ0v) is 17.1. The monoisotopic (exact) mass is 377 g/mol. The quantitative estimate of drug-likeness (QED) is 0.689. The first-order valence-corrected chi connectivity index (χ1v) is 10.2. The van der Waals surface area contributed by atoms with Crippen molar-refractivity contribution in [3.63, 3.8) is 0 Å². The van der Waals surface area contributed by atoms with Gasteiger partial charge in [-0.25, -0.2) is 0 Å². The summed E-state index contributed by atoms with van der Waals surface area (Å²) in [5.41, 5.74) is 3.77. The fraction of sp³-hybridized carbons (Fsp3) is 0.417. The minimum atomic E-state index is 0.0564. The number of amides is 1. The summed E-state index contributed by atoms with van der Waals surface area (Å²) in [7, 11) is 1.90. The molecule has 4 heteroatoms. The molecule has 3 rings (SSSR count). The molecule has 1 aliphatic rings. The van der Waals surface area contributed by atoms with Crippen LogP contribution >= 0.6 is 0 Å². The topological polar surface area (TPSA) is 36.4 Å². The van der Waals surface area contributed by atoms with E-state index in [-0.39, 0.29) is 5.91 Å². The van der Waals surface area contributed by atoms with Gasteiger partial charge in [0.25, 0.3) is 0 Å². The zero-order valence-electron chi connectivity index (χ0n) is 17.1. The first kappa shape index (κ1) is 20.3. The fourth-order valence-corrected chi connectivity index (χ4v) is 3.92. The van der Waals surface area contributed by atoms with Crippen molar-refractivity contribution < 1.29 is 4.79 Å². The number of carbonyl (C=O) groups excluding carboxylic acids is 1. The smallest absolute Gasteiger partial charge is 0.246 e. The molecule has 1 atom stereocenters. The molecule has 0 radical (unpaired) electrons. The van der Waals surface area contributed by atoms with Gasteiger partial charge in [0, 0.05) is 45.2 Å². The number of hydrogen-bond acceptors (Lipinski definition) is 3. The molecule has 1 aromatic carbocycles. The Balaban J connectivity index is 1.46. The van der Waals surface area contributed by atoms with Crippen LogP contribution in [0.1, 0.15) is 29.5 Å². The molecular formula is C24H31N3O. The Labute approximate surface area is 168 Å². The van der Waals surface area contributed by atoms with Gasteiger partial charge in [-0.05, 0) is 67.5 Å². The summed E-state index contributed by atoms with van der Waals surface area (Å²) in [5.74, 6) is 0.604. The van der Waals surface area contributed by atoms with Gasteiger partial charge in [-0.15, -0.1) is 0 Å². The van der Waals surface area contributed by atoms with Gasteiger partial charge in [-0.3, -0.25) is 9.78 Å². The van der Waals surface area contributed by atoms with E-state index >= 15 is 0 Å². The predicted octanol–water partition coefficient (Wildman–Crippen LogP) is 3.82. The van der Waals surface area contributed by atoms with Crippen LogP contribution in [0, 0.1) is 12.8 Å². The number of likely N-dealkylation sites (tertiary alicyclic amines) is 1. The normalized spacial score (nSPS) is 17.7. The molecule has 1 fully saturated rings. The van der Waals surface area contributed by atoms with Crippen molar-refractivity contribution >= 4 is 12.0 Å². The molecule has 0 N–H and O–H groups in total. The molecule has 28 heavy (non-hydrogen) atoms. The summed E-state index contributed by atoms with van der Waals surface area (Å²) in [6.07, 6.45) is 10.5. The second-order valence-electron chi connectivity index (χ2n) is 7.82. The molecule has 2 aromatic rings. The number of aromatic nitrogens is 1. The van der Waals surface area contributed by atoms with Crippen molar-refractivity contribution in [2.24, 2.45) is 5.92 Å². The summed E-state index contributed by atoms with van der Waals surface area (Å²) in [6, 6.07) is 12.5. The van der Waals surface area contributed by atoms with Gasteiger partial charge in [0.1, 0.15) is 0 Å². The van der Waals surface area contributed by atoms with Gasteiger partial charge in [0.2, 0.25) is 5.91 Å². The van der Waals surface area contributed by atoms with E-state index in [1.807, 2.05) is 30.2 Å². The molecule has 148 valence electrons. The molecule has 2 heterocycles. The number of hydrogen-bond donors (Lipinski definition) is 0. The molecule has 0 saturated carbocycles. The van der Waals surface area contributed by atoms with Crippen molar-refractivity contribution in [1.82, 2.24) is 14.8 Å². The average molecular weight is 378 g/mol. The number of benzene rings is 1. The van der Waals surface area contributed by atoms with Crippen LogP contribution in [-0.4, -0.2) is 53.9 Å². The highest BCUT2D eigenvalue weighted by Crippen LogP contribution is 2.18. The molecular weight excluding hydrogens is 346 g/mol. The van der Waals surface area contributed by atoms with Gasteiger partial charge >= 0.3 is 0 Å². The molecule has 1 aromatic heterocycles. The Bertz CT molecular complexity index is 787. The predicted molar refractivity (Wildman–Crippen MR) is 115 cm³/mol. The largest absolute Gasteiger partial charge is 0.342 e. The van der Waals surface area contributed by atoms with Crippen molar-refractivity contribution in [1.29, 1.82) is 0 Å². The highest BCUT2D eigenvalue weighted by Gasteiger charge is 2.22. The Morgan fingerprint density at radius 1 is 1.29 bits per heavy atom. The molecule has 1 amide bonds. The number of piperidine rings is 1. The molecule has 0 bridgehead atoms. The summed E-state index contributed by atoms with van der Waals surface area (Å²) >= 11 is 0. The summed E-state index contributed by atoms with van der Waals surface area (Å²) in [6.45, 7) is 6.35. The fourth-order valence-electron chi connectivity index (χ4n) is 3.92. The second-order valence-corrected chi connectivity index (χ2v) is 7.82. The lowest BCUT2D eigenvalue weighted by Crippen LogP contribution is -2.42. The van der Waals surface area contributed by atoms with E-state index < -0.39 is 0 Å². The van der Waals surface area contributed by atoms with E-state index in [2.05, 4.69) is 41.1 Å². The van der Waals surface area contributed by atoms with Crippen LogP contribution in [0.2, 0.25) is 0 Å². The van der Waals surface area contributed by atoms with Crippen LogP contribution in [0.4, 0.5) is 0 Å². The SMILES string of the molecule is Cc1ccccc1CCN1CCCC(CN(C)C(=O)C=Cc2cccnc2)C1. The lowest BCUT2D eigenvalue weighted by molar-refractivity contribution is -0.125. The summed E-state index contributed by atoms with van der Waals surface area (Å²) in [4.78, 5) is 20.9. The van der Waals surface area contributed by atoms with Crippen LogP contribution in [0.3, 0.4) is 0 Å². The van der Waals surface area contributed by atoms with Crippen LogP contribution in [0.5, 0.6) is 0 Å². The molecule has 1 saturated heterocycles. The van der Waals surface area contributed by atoms with E-state index in [0.29, 0.717) is 5.92 Å². The molecule has 1 aliphatic heterocycles. The van der Waals surface area contributed by atoms with E-state index in [1.165, 1.54) is 30.5 Å². The lowest BCUT2D eigenvalue weighted by atomic mass is 9.96. The Morgan fingerprint density at radius 3 is 2.93 bits per heavy atom. The van der Waals surface area contributed by atoms with Gasteiger partial charge in [0.05, 0.1) is 0 Å². The van der Waals surface area contributed by atoms with Gasteiger partial charge in [-0.2, -0.15) is 0 Å². The minimum Gasteiger partial charge on any atom is -0.342 e. The van der Waals surface area contributed by atoms with E-state index in [4.69, 9.17) is 0 Å². The van der Waals surface area contributed by atoms with Gasteiger partial charge in [-0.1, -0.05) is 30.3 Å². The number of aryl methyl sites for hydroxylation is 1. The van der Waals surface area contributed by atoms with E-state index in [0.717, 1.165) is 31.6 Å². The van der Waals surface area contributed by atoms with E-state index in [9.17, 15) is 4.79 Å². The van der Waals surface area contributed by atoms with Gasteiger partial charge < -0.3 is 9.80 Å². The maximum Gasteiger partial charge on any atom is 0.246 e. The minimum absolute atomic E-state index is 0.0564. The highest BCUT2D eigenvalue weighted by atomic mass is 16.2. The summed E-state index contributed by atoms with van der Waals surface area (Å²) < 4.78 is 0. The molecule has 1 unspecified atom stereocenters. The van der Waals surface area contributed by atoms with Crippen molar-refractivity contribution in [3.8, 4) is 0 Å². The highest BCUT2D eigenvalue weighted by molar-refractivity contribution is 5.91. The molecule has 4 nitrogen and oxygen atoms in total. The Morgan fingerprint density at radius 2 is 2.14 bits per heavy atom. The number of pyridine rings is 1. The third-order valence-corrected chi connectivity index (χ3v) is 5.57. The average Bonchev–Trinajstić information content (AvgIpc) is 2.72. The first-order chi connectivity index (χ1) is 13.6. The van der Waals surface area contributed by atoms with Crippen LogP contribution in [0.15, 0.2) is 54.9 Å². The number of nitrogens with zero attached hydrogens (tertiary/aromatic N) is 3. The maximum atomic E-state index is 12.4.